The highest BCUT2D eigenvalue weighted by molar-refractivity contribution is 6.03. The first-order chi connectivity index (χ1) is 12.8. The summed E-state index contributed by atoms with van der Waals surface area (Å²) in [7, 11) is 1.63. The molecule has 2 aromatic carbocycles. The topological polar surface area (TPSA) is 67.4 Å². The quantitative estimate of drug-likeness (QED) is 0.733. The van der Waals surface area contributed by atoms with Gasteiger partial charge in [-0.05, 0) is 41.2 Å². The maximum Gasteiger partial charge on any atom is 0.233 e. The Bertz CT molecular complexity index is 777. The third-order valence-corrected chi connectivity index (χ3v) is 4.23. The number of para-hydroxylation sites is 1. The van der Waals surface area contributed by atoms with E-state index in [1.807, 2.05) is 48.5 Å². The Morgan fingerprint density at radius 1 is 0.963 bits per heavy atom. The number of benzene rings is 2. The van der Waals surface area contributed by atoms with Crippen LogP contribution in [0.4, 0.5) is 5.69 Å². The largest absolute Gasteiger partial charge is 0.497 e. The number of carbonyl (C=O) groups excluding carboxylic acids is 2. The predicted octanol–water partition coefficient (Wildman–Crippen LogP) is 3.68. The fourth-order valence-corrected chi connectivity index (χ4v) is 2.79. The first-order valence-electron chi connectivity index (χ1n) is 9.08. The van der Waals surface area contributed by atoms with Crippen LogP contribution in [-0.2, 0) is 21.4 Å². The molecule has 0 unspecified atom stereocenters. The normalized spacial score (nSPS) is 11.0. The van der Waals surface area contributed by atoms with Gasteiger partial charge in [-0.2, -0.15) is 0 Å². The summed E-state index contributed by atoms with van der Waals surface area (Å²) in [6.45, 7) is 6.74. The van der Waals surface area contributed by atoms with Gasteiger partial charge in [0.15, 0.2) is 0 Å². The summed E-state index contributed by atoms with van der Waals surface area (Å²) in [6, 6.07) is 15.4. The van der Waals surface area contributed by atoms with E-state index in [9.17, 15) is 9.59 Å². The van der Waals surface area contributed by atoms with Crippen LogP contribution in [0.3, 0.4) is 0 Å². The molecule has 0 bridgehead atoms. The molecular weight excluding hydrogens is 340 g/mol. The Morgan fingerprint density at radius 2 is 1.63 bits per heavy atom. The smallest absolute Gasteiger partial charge is 0.233 e. The van der Waals surface area contributed by atoms with E-state index >= 15 is 0 Å². The van der Waals surface area contributed by atoms with Crippen molar-refractivity contribution < 1.29 is 14.3 Å². The standard InChI is InChI=1S/C22H28N2O3/c1-22(2,3)18-7-5-6-8-19(18)24-21(26)15-20(25)23-14-13-16-9-11-17(27-4)12-10-16/h5-12H,13-15H2,1-4H3,(H,23,25)(H,24,26). The minimum Gasteiger partial charge on any atom is -0.497 e. The summed E-state index contributed by atoms with van der Waals surface area (Å²) in [5.74, 6) is 0.206. The van der Waals surface area contributed by atoms with Crippen molar-refractivity contribution in [1.29, 1.82) is 0 Å². The molecule has 0 saturated carbocycles. The van der Waals surface area contributed by atoms with Crippen LogP contribution in [0.1, 0.15) is 38.3 Å². The lowest BCUT2D eigenvalue weighted by molar-refractivity contribution is -0.126. The molecule has 2 aromatic rings. The number of methoxy groups -OCH3 is 1. The highest BCUT2D eigenvalue weighted by atomic mass is 16.5. The van der Waals surface area contributed by atoms with Crippen LogP contribution in [0, 0.1) is 0 Å². The van der Waals surface area contributed by atoms with Gasteiger partial charge < -0.3 is 15.4 Å². The Labute approximate surface area is 161 Å². The maximum absolute atomic E-state index is 12.2. The number of hydrogen-bond donors (Lipinski definition) is 2. The highest BCUT2D eigenvalue weighted by Crippen LogP contribution is 2.29. The maximum atomic E-state index is 12.2. The number of amides is 2. The third kappa shape index (κ3) is 6.44. The minimum absolute atomic E-state index is 0.0928. The van der Waals surface area contributed by atoms with Crippen LogP contribution in [0.2, 0.25) is 0 Å². The van der Waals surface area contributed by atoms with Gasteiger partial charge in [-0.15, -0.1) is 0 Å². The van der Waals surface area contributed by atoms with Crippen LogP contribution < -0.4 is 15.4 Å². The van der Waals surface area contributed by atoms with E-state index in [4.69, 9.17) is 4.74 Å². The summed E-state index contributed by atoms with van der Waals surface area (Å²) in [4.78, 5) is 24.2. The molecular formula is C22H28N2O3. The summed E-state index contributed by atoms with van der Waals surface area (Å²) in [5, 5.41) is 5.65. The van der Waals surface area contributed by atoms with Crippen LogP contribution in [0.15, 0.2) is 48.5 Å². The van der Waals surface area contributed by atoms with Crippen molar-refractivity contribution in [1.82, 2.24) is 5.32 Å². The van der Waals surface area contributed by atoms with Crippen LogP contribution >= 0.6 is 0 Å². The second kappa shape index (κ2) is 9.21. The van der Waals surface area contributed by atoms with E-state index in [2.05, 4.69) is 31.4 Å². The van der Waals surface area contributed by atoms with Crippen molar-refractivity contribution in [2.45, 2.75) is 39.0 Å². The Morgan fingerprint density at radius 3 is 2.26 bits per heavy atom. The van der Waals surface area contributed by atoms with Crippen LogP contribution in [-0.4, -0.2) is 25.5 Å². The van der Waals surface area contributed by atoms with Gasteiger partial charge in [0.2, 0.25) is 11.8 Å². The first kappa shape index (κ1) is 20.5. The van der Waals surface area contributed by atoms with Gasteiger partial charge in [-0.3, -0.25) is 9.59 Å². The zero-order valence-corrected chi connectivity index (χ0v) is 16.5. The van der Waals surface area contributed by atoms with Gasteiger partial charge in [0.25, 0.3) is 0 Å². The molecule has 144 valence electrons. The van der Waals surface area contributed by atoms with Crippen molar-refractivity contribution in [2.24, 2.45) is 0 Å². The van der Waals surface area contributed by atoms with E-state index in [1.54, 1.807) is 7.11 Å². The molecule has 0 heterocycles. The average Bonchev–Trinajstić information content (AvgIpc) is 2.61. The average molecular weight is 368 g/mol. The second-order valence-corrected chi connectivity index (χ2v) is 7.47. The number of nitrogens with one attached hydrogen (secondary N) is 2. The van der Waals surface area contributed by atoms with Gasteiger partial charge in [-0.25, -0.2) is 0 Å². The molecule has 0 radical (unpaired) electrons. The monoisotopic (exact) mass is 368 g/mol. The molecule has 5 nitrogen and oxygen atoms in total. The molecule has 0 saturated heterocycles. The lowest BCUT2D eigenvalue weighted by Crippen LogP contribution is -2.30. The fourth-order valence-electron chi connectivity index (χ4n) is 2.79. The summed E-state index contributed by atoms with van der Waals surface area (Å²) in [5.41, 5.74) is 2.80. The van der Waals surface area contributed by atoms with Crippen molar-refractivity contribution in [3.8, 4) is 5.75 Å². The van der Waals surface area contributed by atoms with Gasteiger partial charge in [0.05, 0.1) is 7.11 Å². The molecule has 27 heavy (non-hydrogen) atoms. The Kier molecular flexibility index (Phi) is 6.99. The van der Waals surface area contributed by atoms with Gasteiger partial charge in [0.1, 0.15) is 12.2 Å². The van der Waals surface area contributed by atoms with E-state index < -0.39 is 0 Å². The second-order valence-electron chi connectivity index (χ2n) is 7.47. The first-order valence-corrected chi connectivity index (χ1v) is 9.08. The lowest BCUT2D eigenvalue weighted by atomic mass is 9.86. The molecule has 0 fully saturated rings. The fraction of sp³-hybridized carbons (Fsp3) is 0.364. The van der Waals surface area contributed by atoms with Crippen molar-refractivity contribution in [3.05, 3.63) is 59.7 Å². The summed E-state index contributed by atoms with van der Waals surface area (Å²) >= 11 is 0. The van der Waals surface area contributed by atoms with Crippen molar-refractivity contribution in [2.75, 3.05) is 19.0 Å². The molecule has 0 atom stereocenters. The number of hydrogen-bond acceptors (Lipinski definition) is 3. The number of anilines is 1. The highest BCUT2D eigenvalue weighted by Gasteiger charge is 2.19. The molecule has 2 amide bonds. The zero-order chi connectivity index (χ0) is 19.9. The predicted molar refractivity (Wildman–Crippen MR) is 108 cm³/mol. The number of ether oxygens (including phenoxy) is 1. The molecule has 0 aliphatic rings. The zero-order valence-electron chi connectivity index (χ0n) is 16.5. The van der Waals surface area contributed by atoms with Crippen LogP contribution in [0.5, 0.6) is 5.75 Å². The van der Waals surface area contributed by atoms with Crippen molar-refractivity contribution in [3.63, 3.8) is 0 Å². The lowest BCUT2D eigenvalue weighted by Gasteiger charge is -2.22. The van der Waals surface area contributed by atoms with Crippen LogP contribution in [0.25, 0.3) is 0 Å². The Balaban J connectivity index is 1.81. The van der Waals surface area contributed by atoms with Gasteiger partial charge >= 0.3 is 0 Å². The SMILES string of the molecule is COc1ccc(CCNC(=O)CC(=O)Nc2ccccc2C(C)(C)C)cc1. The molecule has 0 aromatic heterocycles. The molecule has 5 heteroatoms. The van der Waals surface area contributed by atoms with Gasteiger partial charge in [0, 0.05) is 12.2 Å². The molecule has 2 N–H and O–H groups in total. The molecule has 0 spiro atoms. The minimum atomic E-state index is -0.311. The number of rotatable bonds is 7. The Hall–Kier alpha value is -2.82. The van der Waals surface area contributed by atoms with E-state index in [-0.39, 0.29) is 23.7 Å². The summed E-state index contributed by atoms with van der Waals surface area (Å²) < 4.78 is 5.12. The van der Waals surface area contributed by atoms with E-state index in [0.29, 0.717) is 13.0 Å². The van der Waals surface area contributed by atoms with Crippen molar-refractivity contribution >= 4 is 17.5 Å². The summed E-state index contributed by atoms with van der Waals surface area (Å²) in [6.07, 6.45) is 0.505. The third-order valence-electron chi connectivity index (χ3n) is 4.23. The molecule has 0 aliphatic carbocycles. The molecule has 2 rings (SSSR count). The number of carbonyl (C=O) groups is 2. The van der Waals surface area contributed by atoms with E-state index in [0.717, 1.165) is 22.6 Å². The molecule has 0 aliphatic heterocycles. The van der Waals surface area contributed by atoms with E-state index in [1.165, 1.54) is 0 Å². The van der Waals surface area contributed by atoms with Gasteiger partial charge in [-0.1, -0.05) is 51.1 Å².